The molecule has 0 aliphatic carbocycles. The summed E-state index contributed by atoms with van der Waals surface area (Å²) in [4.78, 5) is 2.35. The van der Waals surface area contributed by atoms with E-state index >= 15 is 0 Å². The molecule has 1 saturated heterocycles. The quantitative estimate of drug-likeness (QED) is 0.928. The molecule has 0 radical (unpaired) electrons. The van der Waals surface area contributed by atoms with Crippen LogP contribution in [0.1, 0.15) is 19.1 Å². The van der Waals surface area contributed by atoms with E-state index in [0.717, 1.165) is 43.1 Å². The molecule has 2 unspecified atom stereocenters. The first-order valence-electron chi connectivity index (χ1n) is 7.27. The maximum Gasteiger partial charge on any atom is 0.134 e. The molecule has 0 amide bonds. The molecule has 2 aromatic rings. The standard InChI is InChI=1S/C17H21NO2/c1-13(19)15-9-10-18(11-15)12-16-7-8-17(20-16)14-5-3-2-4-6-14/h2-8,13,15,19H,9-12H2,1H3. The van der Waals surface area contributed by atoms with Crippen LogP contribution in [0.4, 0.5) is 0 Å². The summed E-state index contributed by atoms with van der Waals surface area (Å²) >= 11 is 0. The van der Waals surface area contributed by atoms with Gasteiger partial charge in [-0.25, -0.2) is 0 Å². The minimum atomic E-state index is -0.212. The summed E-state index contributed by atoms with van der Waals surface area (Å²) in [5.41, 5.74) is 1.11. The Bertz CT molecular complexity index is 547. The van der Waals surface area contributed by atoms with Gasteiger partial charge in [-0.2, -0.15) is 0 Å². The second-order valence-electron chi connectivity index (χ2n) is 5.66. The SMILES string of the molecule is CC(O)C1CCN(Cc2ccc(-c3ccccc3)o2)C1. The van der Waals surface area contributed by atoms with E-state index < -0.39 is 0 Å². The summed E-state index contributed by atoms with van der Waals surface area (Å²) < 4.78 is 5.92. The lowest BCUT2D eigenvalue weighted by molar-refractivity contribution is 0.126. The Labute approximate surface area is 119 Å². The van der Waals surface area contributed by atoms with Gasteiger partial charge in [0, 0.05) is 12.1 Å². The smallest absolute Gasteiger partial charge is 0.134 e. The number of hydrogen-bond donors (Lipinski definition) is 1. The number of aliphatic hydroxyl groups is 1. The molecule has 1 aliphatic rings. The number of rotatable bonds is 4. The number of hydrogen-bond acceptors (Lipinski definition) is 3. The van der Waals surface area contributed by atoms with Crippen LogP contribution in [0.5, 0.6) is 0 Å². The predicted octanol–water partition coefficient (Wildman–Crippen LogP) is 3.15. The van der Waals surface area contributed by atoms with Gasteiger partial charge in [-0.3, -0.25) is 4.90 Å². The van der Waals surface area contributed by atoms with Gasteiger partial charge in [0.05, 0.1) is 12.6 Å². The van der Waals surface area contributed by atoms with Crippen molar-refractivity contribution in [2.45, 2.75) is 26.0 Å². The molecule has 1 aromatic carbocycles. The van der Waals surface area contributed by atoms with Gasteiger partial charge in [-0.1, -0.05) is 30.3 Å². The summed E-state index contributed by atoms with van der Waals surface area (Å²) in [6.45, 7) is 4.71. The number of aliphatic hydroxyl groups excluding tert-OH is 1. The van der Waals surface area contributed by atoms with E-state index in [1.807, 2.05) is 31.2 Å². The van der Waals surface area contributed by atoms with Crippen LogP contribution in [-0.4, -0.2) is 29.2 Å². The van der Waals surface area contributed by atoms with E-state index in [-0.39, 0.29) is 6.10 Å². The minimum absolute atomic E-state index is 0.212. The summed E-state index contributed by atoms with van der Waals surface area (Å²) in [7, 11) is 0. The zero-order valence-corrected chi connectivity index (χ0v) is 11.8. The second-order valence-corrected chi connectivity index (χ2v) is 5.66. The van der Waals surface area contributed by atoms with Gasteiger partial charge in [-0.15, -0.1) is 0 Å². The molecule has 3 nitrogen and oxygen atoms in total. The molecule has 106 valence electrons. The van der Waals surface area contributed by atoms with E-state index in [0.29, 0.717) is 5.92 Å². The molecule has 1 aromatic heterocycles. The molecule has 0 saturated carbocycles. The van der Waals surface area contributed by atoms with E-state index in [4.69, 9.17) is 4.42 Å². The molecule has 1 aliphatic heterocycles. The molecule has 0 bridgehead atoms. The van der Waals surface area contributed by atoms with Crippen molar-refractivity contribution in [1.82, 2.24) is 4.90 Å². The van der Waals surface area contributed by atoms with Gasteiger partial charge >= 0.3 is 0 Å². The molecule has 1 N–H and O–H groups in total. The average Bonchev–Trinajstić information content (AvgIpc) is 3.10. The second kappa shape index (κ2) is 5.81. The maximum absolute atomic E-state index is 9.64. The molecule has 0 spiro atoms. The monoisotopic (exact) mass is 271 g/mol. The first-order chi connectivity index (χ1) is 9.72. The highest BCUT2D eigenvalue weighted by molar-refractivity contribution is 5.57. The largest absolute Gasteiger partial charge is 0.460 e. The van der Waals surface area contributed by atoms with Gasteiger partial charge in [0.25, 0.3) is 0 Å². The van der Waals surface area contributed by atoms with Gasteiger partial charge in [0.1, 0.15) is 11.5 Å². The number of furan rings is 1. The Morgan fingerprint density at radius 3 is 2.75 bits per heavy atom. The van der Waals surface area contributed by atoms with Crippen LogP contribution in [0, 0.1) is 5.92 Å². The van der Waals surface area contributed by atoms with Gasteiger partial charge in [0.15, 0.2) is 0 Å². The summed E-state index contributed by atoms with van der Waals surface area (Å²) in [5, 5.41) is 9.64. The summed E-state index contributed by atoms with van der Waals surface area (Å²) in [6.07, 6.45) is 0.862. The molecule has 3 rings (SSSR count). The molecule has 2 atom stereocenters. The van der Waals surface area contributed by atoms with Crippen molar-refractivity contribution >= 4 is 0 Å². The number of benzene rings is 1. The molecule has 20 heavy (non-hydrogen) atoms. The summed E-state index contributed by atoms with van der Waals surface area (Å²) in [6, 6.07) is 14.2. The molecular weight excluding hydrogens is 250 g/mol. The third-order valence-electron chi connectivity index (χ3n) is 4.09. The van der Waals surface area contributed by atoms with Crippen LogP contribution in [0.15, 0.2) is 46.9 Å². The average molecular weight is 271 g/mol. The van der Waals surface area contributed by atoms with Gasteiger partial charge in [0.2, 0.25) is 0 Å². The molecule has 3 heteroatoms. The number of nitrogens with zero attached hydrogens (tertiary/aromatic N) is 1. The zero-order valence-electron chi connectivity index (χ0n) is 11.8. The molecule has 2 heterocycles. The third kappa shape index (κ3) is 2.94. The first-order valence-corrected chi connectivity index (χ1v) is 7.27. The van der Waals surface area contributed by atoms with Crippen molar-refractivity contribution in [1.29, 1.82) is 0 Å². The van der Waals surface area contributed by atoms with Crippen LogP contribution in [0.3, 0.4) is 0 Å². The fourth-order valence-electron chi connectivity index (χ4n) is 2.84. The maximum atomic E-state index is 9.64. The topological polar surface area (TPSA) is 36.6 Å². The van der Waals surface area contributed by atoms with Crippen molar-refractivity contribution in [2.75, 3.05) is 13.1 Å². The van der Waals surface area contributed by atoms with Gasteiger partial charge in [-0.05, 0) is 37.9 Å². The molecule has 1 fully saturated rings. The van der Waals surface area contributed by atoms with Crippen LogP contribution in [0.25, 0.3) is 11.3 Å². The fraction of sp³-hybridized carbons (Fsp3) is 0.412. The highest BCUT2D eigenvalue weighted by atomic mass is 16.3. The lowest BCUT2D eigenvalue weighted by Gasteiger charge is -2.15. The Morgan fingerprint density at radius 1 is 1.25 bits per heavy atom. The minimum Gasteiger partial charge on any atom is -0.460 e. The highest BCUT2D eigenvalue weighted by Crippen LogP contribution is 2.25. The Morgan fingerprint density at radius 2 is 2.05 bits per heavy atom. The van der Waals surface area contributed by atoms with E-state index in [9.17, 15) is 5.11 Å². The van der Waals surface area contributed by atoms with E-state index in [1.54, 1.807) is 0 Å². The fourth-order valence-corrected chi connectivity index (χ4v) is 2.84. The van der Waals surface area contributed by atoms with Crippen molar-refractivity contribution in [3.63, 3.8) is 0 Å². The van der Waals surface area contributed by atoms with E-state index in [1.165, 1.54) is 0 Å². The highest BCUT2D eigenvalue weighted by Gasteiger charge is 2.26. The molecular formula is C17H21NO2. The van der Waals surface area contributed by atoms with Crippen LogP contribution < -0.4 is 0 Å². The zero-order chi connectivity index (χ0) is 13.9. The Balaban J connectivity index is 1.64. The van der Waals surface area contributed by atoms with Crippen molar-refractivity contribution in [3.8, 4) is 11.3 Å². The van der Waals surface area contributed by atoms with Crippen LogP contribution in [0.2, 0.25) is 0 Å². The number of likely N-dealkylation sites (tertiary alicyclic amines) is 1. The Hall–Kier alpha value is -1.58. The third-order valence-corrected chi connectivity index (χ3v) is 4.09. The van der Waals surface area contributed by atoms with Crippen molar-refractivity contribution in [3.05, 3.63) is 48.2 Å². The first kappa shape index (κ1) is 13.4. The normalized spacial score (nSPS) is 21.2. The van der Waals surface area contributed by atoms with E-state index in [2.05, 4.69) is 23.1 Å². The van der Waals surface area contributed by atoms with Gasteiger partial charge < -0.3 is 9.52 Å². The Kier molecular flexibility index (Phi) is 3.90. The van der Waals surface area contributed by atoms with Crippen molar-refractivity contribution in [2.24, 2.45) is 5.92 Å². The van der Waals surface area contributed by atoms with Crippen LogP contribution >= 0.6 is 0 Å². The predicted molar refractivity (Wildman–Crippen MR) is 79.2 cm³/mol. The lowest BCUT2D eigenvalue weighted by Crippen LogP contribution is -2.23. The van der Waals surface area contributed by atoms with Crippen LogP contribution in [-0.2, 0) is 6.54 Å². The lowest BCUT2D eigenvalue weighted by atomic mass is 10.0. The summed E-state index contributed by atoms with van der Waals surface area (Å²) in [5.74, 6) is 2.32. The van der Waals surface area contributed by atoms with Crippen molar-refractivity contribution < 1.29 is 9.52 Å².